The summed E-state index contributed by atoms with van der Waals surface area (Å²) in [7, 11) is 0. The van der Waals surface area contributed by atoms with E-state index in [1.807, 2.05) is 0 Å². The number of ether oxygens (including phenoxy) is 1. The van der Waals surface area contributed by atoms with Gasteiger partial charge in [0, 0.05) is 5.39 Å². The third-order valence-corrected chi connectivity index (χ3v) is 2.39. The standard InChI is InChI=1S/C13H12O3/c1-2-16-13(15)11-7-3-6-10-9(11)5-4-8-12(10)14/h3-8,14H,2H2,1H3. The van der Waals surface area contributed by atoms with Crippen molar-refractivity contribution in [3.8, 4) is 5.75 Å². The predicted octanol–water partition coefficient (Wildman–Crippen LogP) is 2.72. The van der Waals surface area contributed by atoms with Gasteiger partial charge >= 0.3 is 5.97 Å². The fraction of sp³-hybridized carbons (Fsp3) is 0.154. The molecule has 0 aliphatic rings. The number of benzene rings is 2. The van der Waals surface area contributed by atoms with Gasteiger partial charge in [-0.25, -0.2) is 4.79 Å². The van der Waals surface area contributed by atoms with Gasteiger partial charge in [0.2, 0.25) is 0 Å². The van der Waals surface area contributed by atoms with Gasteiger partial charge in [-0.15, -0.1) is 0 Å². The molecular formula is C13H12O3. The van der Waals surface area contributed by atoms with Gasteiger partial charge in [-0.05, 0) is 24.4 Å². The van der Waals surface area contributed by atoms with E-state index in [9.17, 15) is 9.90 Å². The van der Waals surface area contributed by atoms with E-state index in [0.717, 1.165) is 0 Å². The Morgan fingerprint density at radius 2 is 1.88 bits per heavy atom. The summed E-state index contributed by atoms with van der Waals surface area (Å²) in [5, 5.41) is 11.0. The van der Waals surface area contributed by atoms with Gasteiger partial charge in [0.25, 0.3) is 0 Å². The summed E-state index contributed by atoms with van der Waals surface area (Å²) < 4.78 is 4.96. The maximum atomic E-state index is 11.7. The third-order valence-electron chi connectivity index (χ3n) is 2.39. The SMILES string of the molecule is CCOC(=O)c1cccc2c(O)cccc12. The molecule has 0 aromatic heterocycles. The number of rotatable bonds is 2. The van der Waals surface area contributed by atoms with Crippen LogP contribution >= 0.6 is 0 Å². The van der Waals surface area contributed by atoms with Crippen LogP contribution < -0.4 is 0 Å². The average molecular weight is 216 g/mol. The summed E-state index contributed by atoms with van der Waals surface area (Å²) in [6, 6.07) is 10.3. The first-order chi connectivity index (χ1) is 7.74. The topological polar surface area (TPSA) is 46.5 Å². The van der Waals surface area contributed by atoms with E-state index in [-0.39, 0.29) is 11.7 Å². The van der Waals surface area contributed by atoms with E-state index in [4.69, 9.17) is 4.74 Å². The lowest BCUT2D eigenvalue weighted by molar-refractivity contribution is 0.0528. The first kappa shape index (κ1) is 10.5. The Morgan fingerprint density at radius 3 is 2.62 bits per heavy atom. The number of hydrogen-bond acceptors (Lipinski definition) is 3. The molecule has 3 nitrogen and oxygen atoms in total. The molecule has 0 fully saturated rings. The van der Waals surface area contributed by atoms with Crippen molar-refractivity contribution in [3.05, 3.63) is 42.0 Å². The van der Waals surface area contributed by atoms with Crippen molar-refractivity contribution < 1.29 is 14.6 Å². The van der Waals surface area contributed by atoms with Crippen LogP contribution in [0.3, 0.4) is 0 Å². The molecular weight excluding hydrogens is 204 g/mol. The number of aromatic hydroxyl groups is 1. The van der Waals surface area contributed by atoms with Crippen LogP contribution in [0.5, 0.6) is 5.75 Å². The minimum atomic E-state index is -0.362. The Balaban J connectivity index is 2.62. The van der Waals surface area contributed by atoms with Crippen LogP contribution in [0.1, 0.15) is 17.3 Å². The quantitative estimate of drug-likeness (QED) is 0.785. The Kier molecular flexibility index (Phi) is 2.77. The highest BCUT2D eigenvalue weighted by atomic mass is 16.5. The summed E-state index contributed by atoms with van der Waals surface area (Å²) in [6.07, 6.45) is 0. The fourth-order valence-corrected chi connectivity index (χ4v) is 1.68. The minimum absolute atomic E-state index is 0.170. The van der Waals surface area contributed by atoms with Crippen molar-refractivity contribution in [1.82, 2.24) is 0 Å². The van der Waals surface area contributed by atoms with Crippen LogP contribution in [-0.2, 0) is 4.74 Å². The second kappa shape index (κ2) is 4.23. The number of phenolic OH excluding ortho intramolecular Hbond substituents is 1. The van der Waals surface area contributed by atoms with E-state index in [0.29, 0.717) is 22.9 Å². The number of esters is 1. The molecule has 0 heterocycles. The lowest BCUT2D eigenvalue weighted by atomic mass is 10.0. The average Bonchev–Trinajstić information content (AvgIpc) is 2.29. The van der Waals surface area contributed by atoms with E-state index >= 15 is 0 Å². The maximum Gasteiger partial charge on any atom is 0.338 e. The molecule has 0 radical (unpaired) electrons. The van der Waals surface area contributed by atoms with Crippen LogP contribution in [0.2, 0.25) is 0 Å². The molecule has 2 rings (SSSR count). The third kappa shape index (κ3) is 1.72. The first-order valence-corrected chi connectivity index (χ1v) is 5.12. The van der Waals surface area contributed by atoms with Crippen molar-refractivity contribution in [2.24, 2.45) is 0 Å². The molecule has 0 bridgehead atoms. The normalized spacial score (nSPS) is 10.3. The molecule has 0 atom stereocenters. The molecule has 0 spiro atoms. The largest absolute Gasteiger partial charge is 0.507 e. The first-order valence-electron chi connectivity index (χ1n) is 5.12. The van der Waals surface area contributed by atoms with Gasteiger partial charge in [-0.3, -0.25) is 0 Å². The molecule has 0 saturated heterocycles. The van der Waals surface area contributed by atoms with Crippen LogP contribution in [-0.4, -0.2) is 17.7 Å². The number of phenols is 1. The van der Waals surface area contributed by atoms with Gasteiger partial charge in [0.05, 0.1) is 12.2 Å². The fourth-order valence-electron chi connectivity index (χ4n) is 1.68. The van der Waals surface area contributed by atoms with Crippen LogP contribution in [0.4, 0.5) is 0 Å². The zero-order valence-electron chi connectivity index (χ0n) is 8.93. The number of carbonyl (C=O) groups is 1. The lowest BCUT2D eigenvalue weighted by Crippen LogP contribution is -2.04. The lowest BCUT2D eigenvalue weighted by Gasteiger charge is -2.06. The van der Waals surface area contributed by atoms with Crippen LogP contribution in [0, 0.1) is 0 Å². The van der Waals surface area contributed by atoms with E-state index in [1.165, 1.54) is 0 Å². The smallest absolute Gasteiger partial charge is 0.338 e. The van der Waals surface area contributed by atoms with Gasteiger partial charge in [-0.2, -0.15) is 0 Å². The highest BCUT2D eigenvalue weighted by Crippen LogP contribution is 2.27. The van der Waals surface area contributed by atoms with Gasteiger partial charge in [-0.1, -0.05) is 24.3 Å². The Morgan fingerprint density at radius 1 is 1.19 bits per heavy atom. The van der Waals surface area contributed by atoms with E-state index in [2.05, 4.69) is 0 Å². The highest BCUT2D eigenvalue weighted by Gasteiger charge is 2.11. The second-order valence-electron chi connectivity index (χ2n) is 3.40. The molecule has 2 aromatic carbocycles. The monoisotopic (exact) mass is 216 g/mol. The highest BCUT2D eigenvalue weighted by molar-refractivity contribution is 6.06. The predicted molar refractivity (Wildman–Crippen MR) is 61.6 cm³/mol. The molecule has 0 aliphatic heterocycles. The molecule has 3 heteroatoms. The van der Waals surface area contributed by atoms with Crippen molar-refractivity contribution >= 4 is 16.7 Å². The number of fused-ring (bicyclic) bond motifs is 1. The molecule has 0 aliphatic carbocycles. The summed E-state index contributed by atoms with van der Waals surface area (Å²) in [6.45, 7) is 2.11. The van der Waals surface area contributed by atoms with E-state index in [1.54, 1.807) is 43.3 Å². The Hall–Kier alpha value is -2.03. The summed E-state index contributed by atoms with van der Waals surface area (Å²) in [5.74, 6) is -0.192. The van der Waals surface area contributed by atoms with Gasteiger partial charge in [0.1, 0.15) is 5.75 Å². The molecule has 82 valence electrons. The number of hydrogen-bond donors (Lipinski definition) is 1. The summed E-state index contributed by atoms with van der Waals surface area (Å²) in [4.78, 5) is 11.7. The zero-order valence-corrected chi connectivity index (χ0v) is 8.93. The maximum absolute atomic E-state index is 11.7. The molecule has 2 aromatic rings. The van der Waals surface area contributed by atoms with Gasteiger partial charge < -0.3 is 9.84 Å². The summed E-state index contributed by atoms with van der Waals surface area (Å²) >= 11 is 0. The molecule has 0 unspecified atom stereocenters. The van der Waals surface area contributed by atoms with Crippen molar-refractivity contribution in [2.75, 3.05) is 6.61 Å². The van der Waals surface area contributed by atoms with E-state index < -0.39 is 0 Å². The molecule has 16 heavy (non-hydrogen) atoms. The summed E-state index contributed by atoms with van der Waals surface area (Å²) in [5.41, 5.74) is 0.482. The molecule has 1 N–H and O–H groups in total. The zero-order chi connectivity index (χ0) is 11.5. The van der Waals surface area contributed by atoms with Crippen LogP contribution in [0.15, 0.2) is 36.4 Å². The van der Waals surface area contributed by atoms with Gasteiger partial charge in [0.15, 0.2) is 0 Å². The van der Waals surface area contributed by atoms with Crippen molar-refractivity contribution in [1.29, 1.82) is 0 Å². The Labute approximate surface area is 93.3 Å². The minimum Gasteiger partial charge on any atom is -0.507 e. The van der Waals surface area contributed by atoms with Crippen molar-refractivity contribution in [2.45, 2.75) is 6.92 Å². The second-order valence-corrected chi connectivity index (χ2v) is 3.40. The Bertz CT molecular complexity index is 532. The van der Waals surface area contributed by atoms with Crippen molar-refractivity contribution in [3.63, 3.8) is 0 Å². The van der Waals surface area contributed by atoms with Crippen LogP contribution in [0.25, 0.3) is 10.8 Å². The molecule has 0 saturated carbocycles. The molecule has 0 amide bonds. The number of carbonyl (C=O) groups excluding carboxylic acids is 1.